The van der Waals surface area contributed by atoms with Gasteiger partial charge in [-0.1, -0.05) is 58.9 Å². The van der Waals surface area contributed by atoms with Gasteiger partial charge in [0.15, 0.2) is 0 Å². The second-order valence-corrected chi connectivity index (χ2v) is 6.66. The Balaban J connectivity index is 2.20. The van der Waals surface area contributed by atoms with Crippen LogP contribution in [0.5, 0.6) is 0 Å². The van der Waals surface area contributed by atoms with Gasteiger partial charge in [-0.3, -0.25) is 0 Å². The summed E-state index contributed by atoms with van der Waals surface area (Å²) >= 11 is 0. The molecule has 2 unspecified atom stereocenters. The van der Waals surface area contributed by atoms with Crippen molar-refractivity contribution < 1.29 is 0 Å². The molecule has 0 amide bonds. The topological polar surface area (TPSA) is 12.0 Å². The highest BCUT2D eigenvalue weighted by molar-refractivity contribution is 5.32. The zero-order valence-electron chi connectivity index (χ0n) is 13.9. The fraction of sp³-hybridized carbons (Fsp3) is 0.684. The van der Waals surface area contributed by atoms with Crippen molar-refractivity contribution >= 4 is 0 Å². The highest BCUT2D eigenvalue weighted by Crippen LogP contribution is 2.57. The molecule has 0 saturated heterocycles. The Morgan fingerprint density at radius 3 is 2.15 bits per heavy atom. The van der Waals surface area contributed by atoms with E-state index >= 15 is 0 Å². The highest BCUT2D eigenvalue weighted by Gasteiger charge is 2.52. The lowest BCUT2D eigenvalue weighted by Gasteiger charge is -2.57. The maximum absolute atomic E-state index is 3.70. The van der Waals surface area contributed by atoms with E-state index in [2.05, 4.69) is 64.2 Å². The van der Waals surface area contributed by atoms with Crippen LogP contribution in [0.15, 0.2) is 24.3 Å². The van der Waals surface area contributed by atoms with Crippen LogP contribution >= 0.6 is 0 Å². The Bertz CT molecular complexity index is 414. The third kappa shape index (κ3) is 2.53. The van der Waals surface area contributed by atoms with Gasteiger partial charge in [0.05, 0.1) is 0 Å². The first-order chi connectivity index (χ1) is 9.58. The number of hydrogen-bond donors (Lipinski definition) is 1. The van der Waals surface area contributed by atoms with E-state index in [0.29, 0.717) is 17.4 Å². The van der Waals surface area contributed by atoms with Gasteiger partial charge in [-0.2, -0.15) is 0 Å². The summed E-state index contributed by atoms with van der Waals surface area (Å²) in [6, 6.07) is 10.1. The molecule has 1 saturated carbocycles. The molecule has 0 aromatic heterocycles. The van der Waals surface area contributed by atoms with Crippen molar-refractivity contribution in [2.24, 2.45) is 5.41 Å². The summed E-state index contributed by atoms with van der Waals surface area (Å²) in [4.78, 5) is 0. The second-order valence-electron chi connectivity index (χ2n) is 6.66. The quantitative estimate of drug-likeness (QED) is 0.762. The molecule has 1 aromatic rings. The molecule has 0 radical (unpaired) electrons. The maximum Gasteiger partial charge on any atom is 0.0135 e. The van der Waals surface area contributed by atoms with Crippen LogP contribution < -0.4 is 5.32 Å². The normalized spacial score (nSPS) is 24.7. The lowest BCUT2D eigenvalue weighted by atomic mass is 9.51. The van der Waals surface area contributed by atoms with E-state index < -0.39 is 0 Å². The predicted octanol–water partition coefficient (Wildman–Crippen LogP) is 5.08. The molecule has 1 aliphatic rings. The summed E-state index contributed by atoms with van der Waals surface area (Å²) in [7, 11) is 0. The summed E-state index contributed by atoms with van der Waals surface area (Å²) in [5.74, 6) is 1.37. The lowest BCUT2D eigenvalue weighted by Crippen LogP contribution is -2.58. The van der Waals surface area contributed by atoms with Gasteiger partial charge >= 0.3 is 0 Å². The van der Waals surface area contributed by atoms with Crippen molar-refractivity contribution in [2.75, 3.05) is 6.54 Å². The lowest BCUT2D eigenvalue weighted by molar-refractivity contribution is 0.0210. The first-order valence-electron chi connectivity index (χ1n) is 8.42. The van der Waals surface area contributed by atoms with Gasteiger partial charge in [-0.15, -0.1) is 0 Å². The fourth-order valence-corrected chi connectivity index (χ4v) is 4.14. The van der Waals surface area contributed by atoms with Gasteiger partial charge in [0.1, 0.15) is 0 Å². The van der Waals surface area contributed by atoms with Gasteiger partial charge in [0, 0.05) is 6.04 Å². The SMILES string of the molecule is CCNC1CC(c2ccc(C(C)C)cc2)C1(CC)CC. The molecule has 1 N–H and O–H groups in total. The molecular weight excluding hydrogens is 242 g/mol. The van der Waals surface area contributed by atoms with Crippen molar-refractivity contribution in [1.29, 1.82) is 0 Å². The van der Waals surface area contributed by atoms with Crippen molar-refractivity contribution in [3.8, 4) is 0 Å². The van der Waals surface area contributed by atoms with Crippen LogP contribution in [0.4, 0.5) is 0 Å². The van der Waals surface area contributed by atoms with E-state index in [1.165, 1.54) is 24.8 Å². The van der Waals surface area contributed by atoms with E-state index in [1.54, 1.807) is 5.56 Å². The molecule has 1 heteroatoms. The number of rotatable bonds is 6. The molecule has 0 aliphatic heterocycles. The Morgan fingerprint density at radius 1 is 1.10 bits per heavy atom. The average molecular weight is 273 g/mol. The van der Waals surface area contributed by atoms with Crippen molar-refractivity contribution in [2.45, 2.75) is 71.8 Å². The zero-order valence-corrected chi connectivity index (χ0v) is 13.9. The molecule has 1 fully saturated rings. The molecule has 1 aromatic carbocycles. The summed E-state index contributed by atoms with van der Waals surface area (Å²) in [5.41, 5.74) is 3.47. The van der Waals surface area contributed by atoms with Gasteiger partial charge in [-0.05, 0) is 54.2 Å². The summed E-state index contributed by atoms with van der Waals surface area (Å²) in [5, 5.41) is 3.70. The number of nitrogens with one attached hydrogen (secondary N) is 1. The molecule has 112 valence electrons. The van der Waals surface area contributed by atoms with E-state index in [0.717, 1.165) is 12.5 Å². The minimum atomic E-state index is 0.468. The molecular formula is C19H31N. The largest absolute Gasteiger partial charge is 0.314 e. The zero-order chi connectivity index (χ0) is 14.8. The summed E-state index contributed by atoms with van der Waals surface area (Å²) in [6.45, 7) is 12.6. The third-order valence-corrected chi connectivity index (χ3v) is 5.63. The average Bonchev–Trinajstić information content (AvgIpc) is 2.45. The Morgan fingerprint density at radius 2 is 1.70 bits per heavy atom. The molecule has 0 bridgehead atoms. The summed E-state index contributed by atoms with van der Waals surface area (Å²) < 4.78 is 0. The third-order valence-electron chi connectivity index (χ3n) is 5.63. The molecule has 1 aliphatic carbocycles. The van der Waals surface area contributed by atoms with Crippen LogP contribution in [0, 0.1) is 5.41 Å². The predicted molar refractivity (Wildman–Crippen MR) is 88.4 cm³/mol. The molecule has 0 spiro atoms. The van der Waals surface area contributed by atoms with Crippen LogP contribution in [0.2, 0.25) is 0 Å². The monoisotopic (exact) mass is 273 g/mol. The van der Waals surface area contributed by atoms with E-state index in [1.807, 2.05) is 0 Å². The van der Waals surface area contributed by atoms with Crippen LogP contribution in [-0.4, -0.2) is 12.6 Å². The second kappa shape index (κ2) is 6.30. The van der Waals surface area contributed by atoms with E-state index in [4.69, 9.17) is 0 Å². The van der Waals surface area contributed by atoms with Gasteiger partial charge in [-0.25, -0.2) is 0 Å². The molecule has 2 rings (SSSR count). The highest BCUT2D eigenvalue weighted by atomic mass is 15.0. The van der Waals surface area contributed by atoms with Gasteiger partial charge in [0.25, 0.3) is 0 Å². The van der Waals surface area contributed by atoms with Crippen molar-refractivity contribution in [3.05, 3.63) is 35.4 Å². The fourth-order valence-electron chi connectivity index (χ4n) is 4.14. The molecule has 1 nitrogen and oxygen atoms in total. The Labute approximate surface area is 125 Å². The van der Waals surface area contributed by atoms with E-state index in [9.17, 15) is 0 Å². The van der Waals surface area contributed by atoms with Gasteiger partial charge in [0.2, 0.25) is 0 Å². The van der Waals surface area contributed by atoms with Crippen LogP contribution in [0.1, 0.15) is 76.8 Å². The standard InChI is InChI=1S/C19H31N/c1-6-19(7-2)17(13-18(19)20-8-3)16-11-9-15(10-12-16)14(4)5/h9-12,14,17-18,20H,6-8,13H2,1-5H3. The van der Waals surface area contributed by atoms with Crippen LogP contribution in [-0.2, 0) is 0 Å². The van der Waals surface area contributed by atoms with Crippen LogP contribution in [0.25, 0.3) is 0 Å². The summed E-state index contributed by atoms with van der Waals surface area (Å²) in [6.07, 6.45) is 3.85. The smallest absolute Gasteiger partial charge is 0.0135 e. The van der Waals surface area contributed by atoms with Crippen LogP contribution in [0.3, 0.4) is 0 Å². The number of hydrogen-bond acceptors (Lipinski definition) is 1. The maximum atomic E-state index is 3.70. The molecule has 0 heterocycles. The Hall–Kier alpha value is -0.820. The minimum absolute atomic E-state index is 0.468. The van der Waals surface area contributed by atoms with Gasteiger partial charge < -0.3 is 5.32 Å². The Kier molecular flexibility index (Phi) is 4.90. The first-order valence-corrected chi connectivity index (χ1v) is 8.42. The van der Waals surface area contributed by atoms with Crippen molar-refractivity contribution in [3.63, 3.8) is 0 Å². The molecule has 20 heavy (non-hydrogen) atoms. The minimum Gasteiger partial charge on any atom is -0.314 e. The van der Waals surface area contributed by atoms with Crippen molar-refractivity contribution in [1.82, 2.24) is 5.32 Å². The first kappa shape index (κ1) is 15.6. The number of benzene rings is 1. The van der Waals surface area contributed by atoms with E-state index in [-0.39, 0.29) is 0 Å². The molecule has 2 atom stereocenters.